The number of amides is 1. The van der Waals surface area contributed by atoms with E-state index < -0.39 is 5.60 Å². The number of fused-ring (bicyclic) bond motifs is 1. The first-order valence-corrected chi connectivity index (χ1v) is 11.3. The van der Waals surface area contributed by atoms with Gasteiger partial charge in [0.05, 0.1) is 24.9 Å². The number of nitrogens with one attached hydrogen (secondary N) is 1. The van der Waals surface area contributed by atoms with Crippen LogP contribution in [0.4, 0.5) is 22.0 Å². The van der Waals surface area contributed by atoms with Crippen LogP contribution in [0, 0.1) is 6.92 Å². The number of ether oxygens (including phenoxy) is 2. The van der Waals surface area contributed by atoms with Gasteiger partial charge in [0.15, 0.2) is 0 Å². The molecule has 1 aromatic heterocycles. The minimum atomic E-state index is -0.463. The van der Waals surface area contributed by atoms with Gasteiger partial charge in [0.2, 0.25) is 0 Å². The highest BCUT2D eigenvalue weighted by Crippen LogP contribution is 2.41. The molecule has 1 N–H and O–H groups in total. The molecule has 9 heteroatoms. The number of benzene rings is 2. The molecule has 0 aliphatic carbocycles. The smallest absolute Gasteiger partial charge is 0.415 e. The second-order valence-electron chi connectivity index (χ2n) is 8.74. The summed E-state index contributed by atoms with van der Waals surface area (Å²) >= 11 is 6.29. The number of anilines is 3. The molecule has 1 amide bonds. The summed E-state index contributed by atoms with van der Waals surface area (Å²) in [7, 11) is 3.68. The summed E-state index contributed by atoms with van der Waals surface area (Å²) in [4.78, 5) is 25.8. The van der Waals surface area contributed by atoms with E-state index >= 15 is 0 Å². The largest absolute Gasteiger partial charge is 0.494 e. The number of hydrogen-bond acceptors (Lipinski definition) is 7. The van der Waals surface area contributed by atoms with Crippen LogP contribution in [0.3, 0.4) is 0 Å². The molecule has 5 rings (SSSR count). The maximum atomic E-state index is 13.0. The zero-order valence-corrected chi connectivity index (χ0v) is 19.6. The number of aromatic nitrogens is 2. The minimum absolute atomic E-state index is 0.353. The van der Waals surface area contributed by atoms with Crippen LogP contribution in [0.15, 0.2) is 36.7 Å². The molecule has 8 nitrogen and oxygen atoms in total. The van der Waals surface area contributed by atoms with Gasteiger partial charge in [-0.3, -0.25) is 4.90 Å². The Morgan fingerprint density at radius 1 is 1.21 bits per heavy atom. The Morgan fingerprint density at radius 3 is 2.76 bits per heavy atom. The topological polar surface area (TPSA) is 79.8 Å². The zero-order valence-electron chi connectivity index (χ0n) is 18.9. The van der Waals surface area contributed by atoms with Crippen LogP contribution in [0.2, 0.25) is 5.02 Å². The lowest BCUT2D eigenvalue weighted by atomic mass is 9.91. The van der Waals surface area contributed by atoms with Crippen LogP contribution >= 0.6 is 11.6 Å². The van der Waals surface area contributed by atoms with Crippen LogP contribution in [0.1, 0.15) is 18.4 Å². The molecule has 1 spiro atoms. The lowest BCUT2D eigenvalue weighted by molar-refractivity contribution is 0.00678. The molecule has 2 aliphatic rings. The van der Waals surface area contributed by atoms with Gasteiger partial charge in [-0.2, -0.15) is 0 Å². The summed E-state index contributed by atoms with van der Waals surface area (Å²) in [6, 6.07) is 9.40. The number of halogens is 1. The van der Waals surface area contributed by atoms with Crippen LogP contribution in [0.5, 0.6) is 5.75 Å². The van der Waals surface area contributed by atoms with E-state index in [-0.39, 0.29) is 6.09 Å². The van der Waals surface area contributed by atoms with E-state index in [9.17, 15) is 4.79 Å². The fraction of sp³-hybridized carbons (Fsp3) is 0.375. The molecule has 2 aliphatic heterocycles. The fourth-order valence-corrected chi connectivity index (χ4v) is 4.69. The van der Waals surface area contributed by atoms with Gasteiger partial charge >= 0.3 is 6.09 Å². The van der Waals surface area contributed by atoms with Crippen LogP contribution in [-0.2, 0) is 4.74 Å². The Bertz CT molecular complexity index is 1230. The average Bonchev–Trinajstić information content (AvgIpc) is 3.14. The van der Waals surface area contributed by atoms with E-state index in [1.54, 1.807) is 12.0 Å². The van der Waals surface area contributed by atoms with Gasteiger partial charge < -0.3 is 19.7 Å². The normalized spacial score (nSPS) is 18.1. The molecule has 0 radical (unpaired) electrons. The molecule has 3 heterocycles. The first-order valence-electron chi connectivity index (χ1n) is 10.9. The molecular weight excluding hydrogens is 442 g/mol. The molecule has 2 fully saturated rings. The first kappa shape index (κ1) is 21.7. The number of likely N-dealkylation sites (tertiary alicyclic amines) is 1. The number of methoxy groups -OCH3 is 1. The van der Waals surface area contributed by atoms with Gasteiger partial charge in [-0.15, -0.1) is 0 Å². The van der Waals surface area contributed by atoms with Crippen molar-refractivity contribution in [2.24, 2.45) is 0 Å². The summed E-state index contributed by atoms with van der Waals surface area (Å²) in [6.45, 7) is 4.24. The summed E-state index contributed by atoms with van der Waals surface area (Å²) in [6.07, 6.45) is 2.77. The summed E-state index contributed by atoms with van der Waals surface area (Å²) in [5.74, 6) is 1.18. The Labute approximate surface area is 197 Å². The molecule has 0 bridgehead atoms. The predicted octanol–water partition coefficient (Wildman–Crippen LogP) is 4.76. The van der Waals surface area contributed by atoms with Gasteiger partial charge in [0.25, 0.3) is 0 Å². The Morgan fingerprint density at radius 2 is 2.00 bits per heavy atom. The minimum Gasteiger partial charge on any atom is -0.494 e. The highest BCUT2D eigenvalue weighted by atomic mass is 35.5. The van der Waals surface area contributed by atoms with Crippen molar-refractivity contribution in [3.8, 4) is 5.75 Å². The van der Waals surface area contributed by atoms with Crippen LogP contribution in [0.25, 0.3) is 10.9 Å². The lowest BCUT2D eigenvalue weighted by Crippen LogP contribution is -2.45. The van der Waals surface area contributed by atoms with Gasteiger partial charge in [-0.1, -0.05) is 17.7 Å². The maximum absolute atomic E-state index is 13.0. The maximum Gasteiger partial charge on any atom is 0.415 e. The third-order valence-corrected chi connectivity index (χ3v) is 7.03. The van der Waals surface area contributed by atoms with Gasteiger partial charge in [0.1, 0.15) is 23.5 Å². The third kappa shape index (κ3) is 3.94. The Balaban J connectivity index is 1.55. The fourth-order valence-electron chi connectivity index (χ4n) is 4.51. The van der Waals surface area contributed by atoms with Crippen molar-refractivity contribution < 1.29 is 14.3 Å². The SMILES string of the molecule is COc1cc2ncnc(Nc3cccc(Cl)c3C)c2cc1N1CC2(CCN(C)CC2)OC1=O. The zero-order chi connectivity index (χ0) is 23.2. The molecule has 2 saturated heterocycles. The van der Waals surface area contributed by atoms with Crippen molar-refractivity contribution in [3.63, 3.8) is 0 Å². The standard InChI is InChI=1S/C24H26ClN5O3/c1-15-17(25)5-4-6-18(15)28-22-16-11-20(21(32-3)12-19(16)26-14-27-22)30-13-24(33-23(30)31)7-9-29(2)10-8-24/h4-6,11-12,14H,7-10,13H2,1-3H3,(H,26,27,28). The Hall–Kier alpha value is -3.10. The van der Waals surface area contributed by atoms with E-state index in [1.165, 1.54) is 6.33 Å². The number of hydrogen-bond donors (Lipinski definition) is 1. The number of carbonyl (C=O) groups excluding carboxylic acids is 1. The monoisotopic (exact) mass is 467 g/mol. The second kappa shape index (κ2) is 8.35. The first-order chi connectivity index (χ1) is 15.9. The third-order valence-electron chi connectivity index (χ3n) is 6.62. The summed E-state index contributed by atoms with van der Waals surface area (Å²) < 4.78 is 11.6. The molecule has 0 unspecified atom stereocenters. The number of rotatable bonds is 4. The van der Waals surface area contributed by atoms with Crippen molar-refractivity contribution in [2.45, 2.75) is 25.4 Å². The molecule has 33 heavy (non-hydrogen) atoms. The molecular formula is C24H26ClN5O3. The van der Waals surface area contributed by atoms with Crippen LogP contribution in [-0.4, -0.2) is 60.4 Å². The predicted molar refractivity (Wildman–Crippen MR) is 129 cm³/mol. The quantitative estimate of drug-likeness (QED) is 0.592. The number of nitrogens with zero attached hydrogens (tertiary/aromatic N) is 4. The number of carbonyl (C=O) groups is 1. The second-order valence-corrected chi connectivity index (χ2v) is 9.15. The highest BCUT2D eigenvalue weighted by Gasteiger charge is 2.47. The van der Waals surface area contributed by atoms with E-state index in [0.717, 1.165) is 42.6 Å². The van der Waals surface area contributed by atoms with E-state index in [1.807, 2.05) is 37.3 Å². The van der Waals surface area contributed by atoms with Crippen molar-refractivity contribution in [1.82, 2.24) is 14.9 Å². The highest BCUT2D eigenvalue weighted by molar-refractivity contribution is 6.31. The van der Waals surface area contributed by atoms with E-state index in [2.05, 4.69) is 27.2 Å². The molecule has 0 saturated carbocycles. The van der Waals surface area contributed by atoms with Crippen molar-refractivity contribution in [3.05, 3.63) is 47.2 Å². The van der Waals surface area contributed by atoms with Crippen LogP contribution < -0.4 is 15.0 Å². The van der Waals surface area contributed by atoms with E-state index in [4.69, 9.17) is 21.1 Å². The lowest BCUT2D eigenvalue weighted by Gasteiger charge is -2.35. The van der Waals surface area contributed by atoms with Crippen molar-refractivity contribution >= 4 is 45.8 Å². The number of piperidine rings is 1. The summed E-state index contributed by atoms with van der Waals surface area (Å²) in [5.41, 5.74) is 2.66. The molecule has 3 aromatic rings. The van der Waals surface area contributed by atoms with Gasteiger partial charge in [-0.05, 0) is 37.7 Å². The van der Waals surface area contributed by atoms with Crippen molar-refractivity contribution in [2.75, 3.05) is 44.0 Å². The average molecular weight is 468 g/mol. The molecule has 0 atom stereocenters. The van der Waals surface area contributed by atoms with Gasteiger partial charge in [-0.25, -0.2) is 14.8 Å². The Kier molecular flexibility index (Phi) is 5.50. The molecule has 2 aromatic carbocycles. The van der Waals surface area contributed by atoms with Crippen molar-refractivity contribution in [1.29, 1.82) is 0 Å². The van der Waals surface area contributed by atoms with E-state index in [0.29, 0.717) is 34.3 Å². The summed E-state index contributed by atoms with van der Waals surface area (Å²) in [5, 5.41) is 4.81. The van der Waals surface area contributed by atoms with Gasteiger partial charge in [0, 0.05) is 48.1 Å². The molecule has 172 valence electrons.